The largest absolute Gasteiger partial charge is 0.453 e. The first-order valence-corrected chi connectivity index (χ1v) is 21.2. The standard InChI is InChI=1S/C57H35N5O/c1-4-16-36(17-5-1)55-58-56(37-18-6-2-7-19-37)60-57(59-55)45-26-14-24-43-44-25-15-29-52(54(44)63-53(43)45)62-49-28-13-11-23-42(49)47-35-39(31-33-51(47)62)38-30-32-50-46(34-38)41-22-10-12-27-48(41)61(50)40-20-8-3-9-21-40/h1-35H. The molecule has 4 aromatic heterocycles. The van der Waals surface area contributed by atoms with Gasteiger partial charge in [0, 0.05) is 49.1 Å². The van der Waals surface area contributed by atoms with Gasteiger partial charge < -0.3 is 13.6 Å². The third-order valence-corrected chi connectivity index (χ3v) is 12.4. The fourth-order valence-electron chi connectivity index (χ4n) is 9.51. The molecule has 0 unspecified atom stereocenters. The molecule has 0 aliphatic heterocycles. The minimum absolute atomic E-state index is 0.557. The first-order valence-electron chi connectivity index (χ1n) is 21.2. The van der Waals surface area contributed by atoms with Crippen LogP contribution in [0.4, 0.5) is 0 Å². The zero-order valence-corrected chi connectivity index (χ0v) is 33.9. The summed E-state index contributed by atoms with van der Waals surface area (Å²) in [4.78, 5) is 15.1. The molecule has 0 radical (unpaired) electrons. The predicted molar refractivity (Wildman–Crippen MR) is 258 cm³/mol. The van der Waals surface area contributed by atoms with Crippen LogP contribution in [0.2, 0.25) is 0 Å². The van der Waals surface area contributed by atoms with Crippen molar-refractivity contribution in [3.63, 3.8) is 0 Å². The topological polar surface area (TPSA) is 61.7 Å². The van der Waals surface area contributed by atoms with Crippen LogP contribution >= 0.6 is 0 Å². The Morgan fingerprint density at radius 1 is 0.302 bits per heavy atom. The van der Waals surface area contributed by atoms with Gasteiger partial charge >= 0.3 is 0 Å². The smallest absolute Gasteiger partial charge is 0.167 e. The Balaban J connectivity index is 0.979. The number of furan rings is 1. The molecule has 4 heterocycles. The van der Waals surface area contributed by atoms with Gasteiger partial charge in [0.25, 0.3) is 0 Å². The van der Waals surface area contributed by atoms with E-state index in [1.54, 1.807) is 0 Å². The number of hydrogen-bond acceptors (Lipinski definition) is 4. The van der Waals surface area contributed by atoms with E-state index >= 15 is 0 Å². The van der Waals surface area contributed by atoms with Gasteiger partial charge in [-0.1, -0.05) is 152 Å². The zero-order chi connectivity index (χ0) is 41.4. The molecular weight excluding hydrogens is 771 g/mol. The Kier molecular flexibility index (Phi) is 7.80. The van der Waals surface area contributed by atoms with Crippen LogP contribution in [0.15, 0.2) is 217 Å². The number of benzene rings is 9. The molecular formula is C57H35N5O. The second-order valence-electron chi connectivity index (χ2n) is 16.0. The highest BCUT2D eigenvalue weighted by atomic mass is 16.3. The number of rotatable bonds is 6. The van der Waals surface area contributed by atoms with E-state index in [0.717, 1.165) is 66.6 Å². The van der Waals surface area contributed by atoms with Crippen molar-refractivity contribution in [1.82, 2.24) is 24.1 Å². The average Bonchev–Trinajstić information content (AvgIpc) is 4.02. The van der Waals surface area contributed by atoms with Crippen molar-refractivity contribution in [1.29, 1.82) is 0 Å². The summed E-state index contributed by atoms with van der Waals surface area (Å²) in [6, 6.07) is 74.5. The van der Waals surface area contributed by atoms with E-state index in [-0.39, 0.29) is 0 Å². The van der Waals surface area contributed by atoms with Crippen LogP contribution in [0.1, 0.15) is 0 Å². The molecule has 6 heteroatoms. The summed E-state index contributed by atoms with van der Waals surface area (Å²) in [5.41, 5.74) is 13.2. The van der Waals surface area contributed by atoms with E-state index in [4.69, 9.17) is 19.4 Å². The van der Waals surface area contributed by atoms with Gasteiger partial charge in [0.2, 0.25) is 0 Å². The second kappa shape index (κ2) is 14.0. The third kappa shape index (κ3) is 5.55. The molecule has 0 N–H and O–H groups in total. The summed E-state index contributed by atoms with van der Waals surface area (Å²) < 4.78 is 11.8. The van der Waals surface area contributed by atoms with E-state index in [0.29, 0.717) is 17.5 Å². The molecule has 0 fully saturated rings. The average molecular weight is 806 g/mol. The van der Waals surface area contributed by atoms with E-state index in [1.165, 1.54) is 38.1 Å². The molecule has 0 saturated heterocycles. The summed E-state index contributed by atoms with van der Waals surface area (Å²) in [6.07, 6.45) is 0. The summed E-state index contributed by atoms with van der Waals surface area (Å²) in [5.74, 6) is 1.77. The van der Waals surface area contributed by atoms with Crippen molar-refractivity contribution in [2.75, 3.05) is 0 Å². The fraction of sp³-hybridized carbons (Fsp3) is 0. The lowest BCUT2D eigenvalue weighted by Crippen LogP contribution is -2.00. The predicted octanol–water partition coefficient (Wildman–Crippen LogP) is 14.6. The molecule has 13 rings (SSSR count). The van der Waals surface area contributed by atoms with Gasteiger partial charge in [0.15, 0.2) is 23.1 Å². The number of para-hydroxylation sites is 5. The van der Waals surface area contributed by atoms with Gasteiger partial charge in [-0.05, 0) is 71.8 Å². The monoisotopic (exact) mass is 805 g/mol. The minimum Gasteiger partial charge on any atom is -0.453 e. The van der Waals surface area contributed by atoms with Crippen LogP contribution in [-0.4, -0.2) is 24.1 Å². The van der Waals surface area contributed by atoms with Crippen LogP contribution in [-0.2, 0) is 0 Å². The Morgan fingerprint density at radius 3 is 1.38 bits per heavy atom. The SMILES string of the molecule is c1ccc(-c2nc(-c3ccccc3)nc(-c3cccc4c3oc3c(-n5c6ccccc6c6cc(-c7ccc8c(c7)c7ccccc7n8-c7ccccc7)ccc65)cccc34)n2)cc1. The molecule has 13 aromatic rings. The normalized spacial score (nSPS) is 11.8. The van der Waals surface area contributed by atoms with E-state index in [2.05, 4.69) is 155 Å². The highest BCUT2D eigenvalue weighted by Gasteiger charge is 2.22. The quantitative estimate of drug-likeness (QED) is 0.168. The minimum atomic E-state index is 0.557. The van der Waals surface area contributed by atoms with Crippen LogP contribution in [0.25, 0.3) is 122 Å². The summed E-state index contributed by atoms with van der Waals surface area (Å²) in [7, 11) is 0. The number of nitrogens with zero attached hydrogens (tertiary/aromatic N) is 5. The van der Waals surface area contributed by atoms with Crippen molar-refractivity contribution < 1.29 is 4.42 Å². The molecule has 294 valence electrons. The second-order valence-corrected chi connectivity index (χ2v) is 16.0. The van der Waals surface area contributed by atoms with Crippen LogP contribution in [0, 0.1) is 0 Å². The van der Waals surface area contributed by atoms with E-state index < -0.39 is 0 Å². The van der Waals surface area contributed by atoms with Crippen molar-refractivity contribution in [2.24, 2.45) is 0 Å². The molecule has 6 nitrogen and oxygen atoms in total. The molecule has 9 aromatic carbocycles. The molecule has 0 aliphatic rings. The summed E-state index contributed by atoms with van der Waals surface area (Å²) in [6.45, 7) is 0. The maximum atomic E-state index is 7.06. The van der Waals surface area contributed by atoms with E-state index in [1.807, 2.05) is 66.7 Å². The molecule has 0 spiro atoms. The highest BCUT2D eigenvalue weighted by molar-refractivity contribution is 6.15. The van der Waals surface area contributed by atoms with Crippen molar-refractivity contribution >= 4 is 65.6 Å². The maximum Gasteiger partial charge on any atom is 0.167 e. The molecule has 0 atom stereocenters. The van der Waals surface area contributed by atoms with Gasteiger partial charge in [-0.15, -0.1) is 0 Å². The number of hydrogen-bond donors (Lipinski definition) is 0. The molecule has 0 bridgehead atoms. The van der Waals surface area contributed by atoms with Gasteiger partial charge in [-0.2, -0.15) is 0 Å². The Bertz CT molecular complexity index is 3850. The lowest BCUT2D eigenvalue weighted by Gasteiger charge is -2.10. The lowest BCUT2D eigenvalue weighted by molar-refractivity contribution is 0.667. The van der Waals surface area contributed by atoms with Crippen molar-refractivity contribution in [2.45, 2.75) is 0 Å². The van der Waals surface area contributed by atoms with Gasteiger partial charge in [-0.25, -0.2) is 15.0 Å². The molecule has 0 aliphatic carbocycles. The Morgan fingerprint density at radius 2 is 0.762 bits per heavy atom. The Hall–Kier alpha value is -8.61. The highest BCUT2D eigenvalue weighted by Crippen LogP contribution is 2.42. The first-order chi connectivity index (χ1) is 31.2. The molecule has 0 saturated carbocycles. The molecule has 63 heavy (non-hydrogen) atoms. The van der Waals surface area contributed by atoms with Crippen molar-refractivity contribution in [3.05, 3.63) is 212 Å². The maximum absolute atomic E-state index is 7.06. The van der Waals surface area contributed by atoms with Crippen LogP contribution < -0.4 is 0 Å². The summed E-state index contributed by atoms with van der Waals surface area (Å²) >= 11 is 0. The van der Waals surface area contributed by atoms with Gasteiger partial charge in [0.1, 0.15) is 5.58 Å². The molecule has 0 amide bonds. The van der Waals surface area contributed by atoms with Crippen molar-refractivity contribution in [3.8, 4) is 56.7 Å². The number of aromatic nitrogens is 5. The van der Waals surface area contributed by atoms with Gasteiger partial charge in [0.05, 0.1) is 33.3 Å². The first kappa shape index (κ1) is 35.2. The third-order valence-electron chi connectivity index (χ3n) is 12.4. The Labute approximate surface area is 361 Å². The zero-order valence-electron chi connectivity index (χ0n) is 33.9. The van der Waals surface area contributed by atoms with Gasteiger partial charge in [-0.3, -0.25) is 0 Å². The fourth-order valence-corrected chi connectivity index (χ4v) is 9.51. The summed E-state index contributed by atoms with van der Waals surface area (Å²) in [5, 5.41) is 6.85. The van der Waals surface area contributed by atoms with Crippen LogP contribution in [0.3, 0.4) is 0 Å². The van der Waals surface area contributed by atoms with E-state index in [9.17, 15) is 0 Å². The lowest BCUT2D eigenvalue weighted by atomic mass is 10.0. The van der Waals surface area contributed by atoms with Crippen LogP contribution in [0.5, 0.6) is 0 Å². The number of fused-ring (bicyclic) bond motifs is 9.